The summed E-state index contributed by atoms with van der Waals surface area (Å²) in [7, 11) is 0. The lowest BCUT2D eigenvalue weighted by Gasteiger charge is -2.41. The van der Waals surface area contributed by atoms with Gasteiger partial charge in [0.05, 0.1) is 0 Å². The molecule has 0 aliphatic rings. The van der Waals surface area contributed by atoms with Gasteiger partial charge in [-0.25, -0.2) is 0 Å². The first-order chi connectivity index (χ1) is 6.21. The monoisotopic (exact) mass is 198 g/mol. The van der Waals surface area contributed by atoms with E-state index in [1.165, 1.54) is 6.42 Å². The first kappa shape index (κ1) is 14.0. The third-order valence-electron chi connectivity index (χ3n) is 3.83. The molecule has 3 unspecified atom stereocenters. The Morgan fingerprint density at radius 1 is 0.929 bits per heavy atom. The molecule has 0 aliphatic carbocycles. The molecule has 0 heteroatoms. The Morgan fingerprint density at radius 3 is 1.57 bits per heavy atom. The summed E-state index contributed by atoms with van der Waals surface area (Å²) in [5, 5.41) is 0. The Morgan fingerprint density at radius 2 is 1.36 bits per heavy atom. The van der Waals surface area contributed by atoms with E-state index in [9.17, 15) is 0 Å². The van der Waals surface area contributed by atoms with Gasteiger partial charge in [0.2, 0.25) is 0 Å². The highest BCUT2D eigenvalue weighted by Crippen LogP contribution is 2.41. The summed E-state index contributed by atoms with van der Waals surface area (Å²) < 4.78 is 0. The third-order valence-corrected chi connectivity index (χ3v) is 3.83. The van der Waals surface area contributed by atoms with Crippen LogP contribution >= 0.6 is 0 Å². The molecule has 0 aromatic rings. The van der Waals surface area contributed by atoms with Crippen LogP contribution < -0.4 is 0 Å². The molecular formula is C14H30. The molecule has 0 nitrogen and oxygen atoms in total. The molecule has 0 amide bonds. The van der Waals surface area contributed by atoms with E-state index >= 15 is 0 Å². The van der Waals surface area contributed by atoms with Crippen molar-refractivity contribution in [3.8, 4) is 0 Å². The second-order valence-corrected chi connectivity index (χ2v) is 6.38. The van der Waals surface area contributed by atoms with Gasteiger partial charge in [-0.15, -0.1) is 0 Å². The van der Waals surface area contributed by atoms with Crippen molar-refractivity contribution in [1.82, 2.24) is 0 Å². The molecule has 0 saturated carbocycles. The fourth-order valence-electron chi connectivity index (χ4n) is 3.12. The second kappa shape index (κ2) is 5.19. The van der Waals surface area contributed by atoms with Gasteiger partial charge in [0.15, 0.2) is 0 Å². The molecule has 0 heterocycles. The van der Waals surface area contributed by atoms with E-state index in [-0.39, 0.29) is 0 Å². The molecule has 0 aromatic carbocycles. The molecule has 0 fully saturated rings. The van der Waals surface area contributed by atoms with Crippen molar-refractivity contribution in [3.63, 3.8) is 0 Å². The number of rotatable bonds is 4. The summed E-state index contributed by atoms with van der Waals surface area (Å²) in [5.41, 5.74) is 0.441. The van der Waals surface area contributed by atoms with Crippen LogP contribution in [-0.4, -0.2) is 0 Å². The van der Waals surface area contributed by atoms with Crippen LogP contribution in [0.5, 0.6) is 0 Å². The Balaban J connectivity index is 4.67. The van der Waals surface area contributed by atoms with Crippen molar-refractivity contribution in [3.05, 3.63) is 0 Å². The third kappa shape index (κ3) is 3.63. The molecule has 0 radical (unpaired) electrons. The molecule has 0 N–H and O–H groups in total. The van der Waals surface area contributed by atoms with Crippen LogP contribution in [-0.2, 0) is 0 Å². The molecule has 14 heavy (non-hydrogen) atoms. The van der Waals surface area contributed by atoms with Gasteiger partial charge in [0, 0.05) is 0 Å². The predicted octanol–water partition coefficient (Wildman–Crippen LogP) is 4.99. The minimum atomic E-state index is 0.441. The first-order valence-corrected chi connectivity index (χ1v) is 6.21. The molecule has 3 atom stereocenters. The average molecular weight is 198 g/mol. The summed E-state index contributed by atoms with van der Waals surface area (Å²) in [4.78, 5) is 0. The largest absolute Gasteiger partial charge is 0.0651 e. The topological polar surface area (TPSA) is 0 Å². The average Bonchev–Trinajstić information content (AvgIpc) is 1.99. The maximum atomic E-state index is 2.43. The van der Waals surface area contributed by atoms with E-state index in [1.807, 2.05) is 0 Å². The van der Waals surface area contributed by atoms with E-state index in [0.717, 1.165) is 23.7 Å². The summed E-state index contributed by atoms with van der Waals surface area (Å²) >= 11 is 0. The Kier molecular flexibility index (Phi) is 5.19. The molecule has 0 spiro atoms. The van der Waals surface area contributed by atoms with E-state index in [2.05, 4.69) is 55.4 Å². The van der Waals surface area contributed by atoms with Crippen molar-refractivity contribution in [1.29, 1.82) is 0 Å². The van der Waals surface area contributed by atoms with Gasteiger partial charge in [-0.2, -0.15) is 0 Å². The summed E-state index contributed by atoms with van der Waals surface area (Å²) in [6.07, 6.45) is 1.31. The smallest absolute Gasteiger partial charge is 0.0314 e. The Labute approximate surface area is 91.5 Å². The highest BCUT2D eigenvalue weighted by atomic mass is 14.4. The van der Waals surface area contributed by atoms with E-state index in [1.54, 1.807) is 0 Å². The van der Waals surface area contributed by atoms with Crippen molar-refractivity contribution in [2.45, 2.75) is 61.8 Å². The van der Waals surface area contributed by atoms with Crippen molar-refractivity contribution in [2.75, 3.05) is 0 Å². The maximum Gasteiger partial charge on any atom is -0.0314 e. The molecule has 0 aromatic heterocycles. The van der Waals surface area contributed by atoms with Crippen molar-refractivity contribution < 1.29 is 0 Å². The molecule has 0 rings (SSSR count). The van der Waals surface area contributed by atoms with Gasteiger partial charge in [-0.3, -0.25) is 0 Å². The Hall–Kier alpha value is 0. The van der Waals surface area contributed by atoms with E-state index in [4.69, 9.17) is 0 Å². The summed E-state index contributed by atoms with van der Waals surface area (Å²) in [6.45, 7) is 19.0. The Bertz CT molecular complexity index is 150. The van der Waals surface area contributed by atoms with Gasteiger partial charge in [0.25, 0.3) is 0 Å². The van der Waals surface area contributed by atoms with E-state index < -0.39 is 0 Å². The quantitative estimate of drug-likeness (QED) is 0.597. The first-order valence-electron chi connectivity index (χ1n) is 6.21. The minimum absolute atomic E-state index is 0.441. The van der Waals surface area contributed by atoms with E-state index in [0.29, 0.717) is 5.41 Å². The van der Waals surface area contributed by atoms with Crippen LogP contribution in [0.15, 0.2) is 0 Å². The van der Waals surface area contributed by atoms with Crippen LogP contribution in [0.2, 0.25) is 0 Å². The molecule has 0 aliphatic heterocycles. The summed E-state index contributed by atoms with van der Waals surface area (Å²) in [5.74, 6) is 3.30. The van der Waals surface area contributed by atoms with Gasteiger partial charge in [0.1, 0.15) is 0 Å². The maximum absolute atomic E-state index is 2.43. The predicted molar refractivity (Wildman–Crippen MR) is 66.4 cm³/mol. The highest BCUT2D eigenvalue weighted by molar-refractivity contribution is 4.82. The van der Waals surface area contributed by atoms with Crippen molar-refractivity contribution in [2.24, 2.45) is 29.1 Å². The fourth-order valence-corrected chi connectivity index (χ4v) is 3.12. The van der Waals surface area contributed by atoms with Crippen LogP contribution in [0.4, 0.5) is 0 Å². The summed E-state index contributed by atoms with van der Waals surface area (Å²) in [6, 6.07) is 0. The zero-order valence-electron chi connectivity index (χ0n) is 11.5. The fraction of sp³-hybridized carbons (Fsp3) is 1.00. The van der Waals surface area contributed by atoms with Crippen LogP contribution in [0.1, 0.15) is 61.8 Å². The van der Waals surface area contributed by atoms with Gasteiger partial charge >= 0.3 is 0 Å². The van der Waals surface area contributed by atoms with Gasteiger partial charge in [-0.1, -0.05) is 61.8 Å². The lowest BCUT2D eigenvalue weighted by Crippen LogP contribution is -2.34. The highest BCUT2D eigenvalue weighted by Gasteiger charge is 2.33. The normalized spacial score (nSPS) is 19.5. The van der Waals surface area contributed by atoms with Crippen LogP contribution in [0.25, 0.3) is 0 Å². The molecular weight excluding hydrogens is 168 g/mol. The lowest BCUT2D eigenvalue weighted by atomic mass is 9.64. The van der Waals surface area contributed by atoms with Crippen LogP contribution in [0, 0.1) is 29.1 Å². The minimum Gasteiger partial charge on any atom is -0.0651 e. The lowest BCUT2D eigenvalue weighted by molar-refractivity contribution is 0.0814. The van der Waals surface area contributed by atoms with Crippen LogP contribution in [0.3, 0.4) is 0 Å². The molecule has 0 bridgehead atoms. The number of hydrogen-bond donors (Lipinski definition) is 0. The zero-order valence-corrected chi connectivity index (χ0v) is 11.5. The SMILES string of the molecule is CCC(C)C(C)C(C(C)C)C(C)(C)C. The number of hydrogen-bond acceptors (Lipinski definition) is 0. The zero-order chi connectivity index (χ0) is 11.5. The molecule has 0 saturated heterocycles. The van der Waals surface area contributed by atoms with Crippen molar-refractivity contribution >= 4 is 0 Å². The standard InChI is InChI=1S/C14H30/c1-9-11(4)12(5)13(10(2)3)14(6,7)8/h10-13H,9H2,1-8H3. The molecule has 86 valence electrons. The van der Waals surface area contributed by atoms with Gasteiger partial charge < -0.3 is 0 Å². The van der Waals surface area contributed by atoms with Gasteiger partial charge in [-0.05, 0) is 29.1 Å². The second-order valence-electron chi connectivity index (χ2n) is 6.38.